The van der Waals surface area contributed by atoms with E-state index in [9.17, 15) is 18.0 Å². The van der Waals surface area contributed by atoms with Crippen molar-refractivity contribution in [1.29, 1.82) is 0 Å². The number of aliphatic hydroxyl groups is 1. The number of carbonyl (C=O) groups excluding carboxylic acids is 1. The first-order valence-corrected chi connectivity index (χ1v) is 2.94. The molecule has 0 aromatic heterocycles. The summed E-state index contributed by atoms with van der Waals surface area (Å²) in [5, 5.41) is 8.30. The molecule has 70 valence electrons. The van der Waals surface area contributed by atoms with Gasteiger partial charge < -0.3 is 9.84 Å². The summed E-state index contributed by atoms with van der Waals surface area (Å²) >= 11 is 0. The van der Waals surface area contributed by atoms with Crippen LogP contribution in [0.3, 0.4) is 0 Å². The molecule has 0 atom stereocenters. The monoisotopic (exact) mass is 184 g/mol. The van der Waals surface area contributed by atoms with E-state index in [-0.39, 0.29) is 0 Å². The van der Waals surface area contributed by atoms with Gasteiger partial charge in [0.2, 0.25) is 0 Å². The van der Waals surface area contributed by atoms with E-state index in [2.05, 4.69) is 11.3 Å². The van der Waals surface area contributed by atoms with E-state index in [1.54, 1.807) is 0 Å². The van der Waals surface area contributed by atoms with Crippen molar-refractivity contribution in [2.75, 3.05) is 6.61 Å². The quantitative estimate of drug-likeness (QED) is 0.411. The minimum atomic E-state index is -4.36. The van der Waals surface area contributed by atoms with Gasteiger partial charge in [-0.1, -0.05) is 0 Å². The lowest BCUT2D eigenvalue weighted by molar-refractivity contribution is -0.157. The normalized spacial score (nSPS) is 10.9. The highest BCUT2D eigenvalue weighted by Gasteiger charge is 2.27. The van der Waals surface area contributed by atoms with Crippen LogP contribution in [0.2, 0.25) is 0 Å². The predicted molar refractivity (Wildman–Crippen MR) is 33.4 cm³/mol. The fourth-order valence-corrected chi connectivity index (χ4v) is 0.343. The van der Waals surface area contributed by atoms with Crippen LogP contribution in [-0.4, -0.2) is 23.9 Å². The summed E-state index contributed by atoms with van der Waals surface area (Å²) in [4.78, 5) is 10.3. The molecule has 6 heteroatoms. The highest BCUT2D eigenvalue weighted by atomic mass is 19.4. The minimum Gasteiger partial charge on any atom is -0.502 e. The Bertz CT molecular complexity index is 185. The maximum Gasteiger partial charge on any atom is 0.392 e. The minimum absolute atomic E-state index is 0.804. The summed E-state index contributed by atoms with van der Waals surface area (Å²) in [6.45, 7) is 1.97. The van der Waals surface area contributed by atoms with E-state index in [0.717, 1.165) is 0 Å². The standard InChI is InChI=1S/C6H7F3O3/c1-4(10)5(11)12-3-2-6(7,8)9/h10H,1-3H2. The van der Waals surface area contributed by atoms with Gasteiger partial charge in [0.1, 0.15) is 6.61 Å². The maximum atomic E-state index is 11.4. The number of hydrogen-bond acceptors (Lipinski definition) is 3. The number of rotatable bonds is 3. The predicted octanol–water partition coefficient (Wildman–Crippen LogP) is 1.55. The molecule has 0 saturated carbocycles. The van der Waals surface area contributed by atoms with E-state index in [1.807, 2.05) is 0 Å². The Morgan fingerprint density at radius 1 is 1.50 bits per heavy atom. The third kappa shape index (κ3) is 5.57. The second-order valence-electron chi connectivity index (χ2n) is 1.95. The van der Waals surface area contributed by atoms with Gasteiger partial charge in [-0.15, -0.1) is 0 Å². The summed E-state index contributed by atoms with van der Waals surface area (Å²) < 4.78 is 38.3. The van der Waals surface area contributed by atoms with Gasteiger partial charge >= 0.3 is 12.1 Å². The molecule has 3 nitrogen and oxygen atoms in total. The summed E-state index contributed by atoms with van der Waals surface area (Å²) in [5.41, 5.74) is 0. The van der Waals surface area contributed by atoms with Crippen LogP contribution < -0.4 is 0 Å². The number of hydrogen-bond donors (Lipinski definition) is 1. The molecule has 0 aliphatic carbocycles. The number of halogens is 3. The molecule has 0 amide bonds. The Balaban J connectivity index is 3.58. The van der Waals surface area contributed by atoms with Gasteiger partial charge in [-0.3, -0.25) is 0 Å². The van der Waals surface area contributed by atoms with Crippen LogP contribution in [0.25, 0.3) is 0 Å². The first kappa shape index (κ1) is 10.8. The van der Waals surface area contributed by atoms with E-state index < -0.39 is 30.9 Å². The molecule has 0 heterocycles. The van der Waals surface area contributed by atoms with Crippen molar-refractivity contribution in [2.45, 2.75) is 12.6 Å². The van der Waals surface area contributed by atoms with Gasteiger partial charge in [0.05, 0.1) is 6.42 Å². The highest BCUT2D eigenvalue weighted by molar-refractivity contribution is 5.84. The summed E-state index contributed by atoms with van der Waals surface area (Å²) in [6.07, 6.45) is -5.59. The van der Waals surface area contributed by atoms with E-state index in [1.165, 1.54) is 0 Å². The summed E-state index contributed by atoms with van der Waals surface area (Å²) in [5.74, 6) is -2.14. The van der Waals surface area contributed by atoms with Crippen molar-refractivity contribution in [3.63, 3.8) is 0 Å². The zero-order chi connectivity index (χ0) is 9.78. The summed E-state index contributed by atoms with van der Waals surface area (Å²) in [6, 6.07) is 0. The number of ether oxygens (including phenoxy) is 1. The van der Waals surface area contributed by atoms with Crippen molar-refractivity contribution in [2.24, 2.45) is 0 Å². The van der Waals surface area contributed by atoms with Crippen LogP contribution in [0.15, 0.2) is 12.3 Å². The molecule has 0 saturated heterocycles. The second-order valence-corrected chi connectivity index (χ2v) is 1.95. The molecule has 0 radical (unpaired) electrons. The molecule has 0 aromatic rings. The lowest BCUT2D eigenvalue weighted by Gasteiger charge is -2.05. The maximum absolute atomic E-state index is 11.4. The van der Waals surface area contributed by atoms with Gasteiger partial charge in [0.15, 0.2) is 5.76 Å². The van der Waals surface area contributed by atoms with Crippen LogP contribution >= 0.6 is 0 Å². The zero-order valence-electron chi connectivity index (χ0n) is 6.02. The Morgan fingerprint density at radius 2 is 2.00 bits per heavy atom. The van der Waals surface area contributed by atoms with Crippen LogP contribution in [0.5, 0.6) is 0 Å². The van der Waals surface area contributed by atoms with E-state index >= 15 is 0 Å². The number of alkyl halides is 3. The molecule has 0 unspecified atom stereocenters. The molecule has 0 aromatic carbocycles. The Kier molecular flexibility index (Phi) is 3.59. The number of esters is 1. The van der Waals surface area contributed by atoms with Gasteiger partial charge in [0, 0.05) is 0 Å². The second kappa shape index (κ2) is 3.99. The van der Waals surface area contributed by atoms with Crippen LogP contribution in [0.4, 0.5) is 13.2 Å². The Labute approximate surface area is 66.4 Å². The molecular formula is C6H7F3O3. The third-order valence-electron chi connectivity index (χ3n) is 0.854. The van der Waals surface area contributed by atoms with Crippen LogP contribution in [0.1, 0.15) is 6.42 Å². The highest BCUT2D eigenvalue weighted by Crippen LogP contribution is 2.18. The Hall–Kier alpha value is -1.20. The SMILES string of the molecule is C=C(O)C(=O)OCCC(F)(F)F. The van der Waals surface area contributed by atoms with Crippen molar-refractivity contribution in [1.82, 2.24) is 0 Å². The summed E-state index contributed by atoms with van der Waals surface area (Å²) in [7, 11) is 0. The fourth-order valence-electron chi connectivity index (χ4n) is 0.343. The lowest BCUT2D eigenvalue weighted by atomic mass is 10.4. The molecule has 12 heavy (non-hydrogen) atoms. The first-order chi connectivity index (χ1) is 5.33. The first-order valence-electron chi connectivity index (χ1n) is 2.94. The molecule has 0 spiro atoms. The molecule has 0 aliphatic heterocycles. The topological polar surface area (TPSA) is 46.5 Å². The van der Waals surface area contributed by atoms with Crippen molar-refractivity contribution >= 4 is 5.97 Å². The fraction of sp³-hybridized carbons (Fsp3) is 0.500. The average molecular weight is 184 g/mol. The number of carbonyl (C=O) groups is 1. The van der Waals surface area contributed by atoms with Crippen LogP contribution in [0, 0.1) is 0 Å². The van der Waals surface area contributed by atoms with E-state index in [4.69, 9.17) is 5.11 Å². The van der Waals surface area contributed by atoms with E-state index in [0.29, 0.717) is 0 Å². The van der Waals surface area contributed by atoms with Crippen LogP contribution in [-0.2, 0) is 9.53 Å². The van der Waals surface area contributed by atoms with Crippen molar-refractivity contribution in [3.8, 4) is 0 Å². The zero-order valence-corrected chi connectivity index (χ0v) is 6.02. The van der Waals surface area contributed by atoms with Crippen molar-refractivity contribution in [3.05, 3.63) is 12.3 Å². The van der Waals surface area contributed by atoms with Gasteiger partial charge in [-0.2, -0.15) is 13.2 Å². The molecule has 0 bridgehead atoms. The average Bonchev–Trinajstić information content (AvgIpc) is 1.84. The molecule has 1 N–H and O–H groups in total. The largest absolute Gasteiger partial charge is 0.502 e. The lowest BCUT2D eigenvalue weighted by Crippen LogP contribution is -2.15. The van der Waals surface area contributed by atoms with Crippen molar-refractivity contribution < 1.29 is 27.8 Å². The van der Waals surface area contributed by atoms with Gasteiger partial charge in [0.25, 0.3) is 0 Å². The smallest absolute Gasteiger partial charge is 0.392 e. The molecule has 0 rings (SSSR count). The molecule has 0 aliphatic rings. The molecular weight excluding hydrogens is 177 g/mol. The molecule has 0 fully saturated rings. The van der Waals surface area contributed by atoms with Gasteiger partial charge in [-0.05, 0) is 6.58 Å². The third-order valence-corrected chi connectivity index (χ3v) is 0.854. The van der Waals surface area contributed by atoms with Gasteiger partial charge in [-0.25, -0.2) is 4.79 Å². The Morgan fingerprint density at radius 3 is 2.33 bits per heavy atom. The number of aliphatic hydroxyl groups excluding tert-OH is 1.